The lowest BCUT2D eigenvalue weighted by atomic mass is 10.0. The minimum Gasteiger partial charge on any atom is -0.374 e. The van der Waals surface area contributed by atoms with Gasteiger partial charge in [-0.1, -0.05) is 44.2 Å². The molecule has 0 aromatic heterocycles. The Morgan fingerprint density at radius 1 is 1.08 bits per heavy atom. The van der Waals surface area contributed by atoms with E-state index in [1.165, 1.54) is 38.0 Å². The van der Waals surface area contributed by atoms with Gasteiger partial charge in [0.05, 0.1) is 12.7 Å². The molecule has 4 heteroatoms. The van der Waals surface area contributed by atoms with Gasteiger partial charge in [0, 0.05) is 38.8 Å². The fourth-order valence-electron chi connectivity index (χ4n) is 4.02. The summed E-state index contributed by atoms with van der Waals surface area (Å²) in [5.74, 6) is 0.737. The standard InChI is InChI=1S/C21H35N3O/c1-18(2)15-24-12-13-25-21(17-24)14-22-20-8-10-23(11-9-20)16-19-6-4-3-5-7-19/h3-7,18,20-22H,8-17H2,1-2H3. The molecule has 0 amide bonds. The number of piperidine rings is 1. The van der Waals surface area contributed by atoms with Crippen molar-refractivity contribution in [3.05, 3.63) is 35.9 Å². The summed E-state index contributed by atoms with van der Waals surface area (Å²) >= 11 is 0. The molecule has 0 aliphatic carbocycles. The Balaban J connectivity index is 1.34. The molecule has 25 heavy (non-hydrogen) atoms. The maximum absolute atomic E-state index is 5.97. The molecule has 0 radical (unpaired) electrons. The van der Waals surface area contributed by atoms with Crippen LogP contribution in [0.4, 0.5) is 0 Å². The highest BCUT2D eigenvalue weighted by Crippen LogP contribution is 2.14. The maximum atomic E-state index is 5.97. The van der Waals surface area contributed by atoms with Gasteiger partial charge in [-0.05, 0) is 37.4 Å². The highest BCUT2D eigenvalue weighted by molar-refractivity contribution is 5.14. The molecule has 3 rings (SSSR count). The van der Waals surface area contributed by atoms with Crippen molar-refractivity contribution in [3.8, 4) is 0 Å². The average molecular weight is 346 g/mol. The first-order chi connectivity index (χ1) is 12.2. The van der Waals surface area contributed by atoms with Gasteiger partial charge in [-0.3, -0.25) is 9.80 Å². The normalized spacial score (nSPS) is 24.0. The van der Waals surface area contributed by atoms with Gasteiger partial charge in [-0.25, -0.2) is 0 Å². The van der Waals surface area contributed by atoms with Crippen LogP contribution in [0, 0.1) is 5.92 Å². The van der Waals surface area contributed by atoms with E-state index in [0.29, 0.717) is 12.1 Å². The van der Waals surface area contributed by atoms with Crippen molar-refractivity contribution < 1.29 is 4.74 Å². The summed E-state index contributed by atoms with van der Waals surface area (Å²) in [5, 5.41) is 3.77. The Bertz CT molecular complexity index is 485. The Kier molecular flexibility index (Phi) is 7.29. The van der Waals surface area contributed by atoms with Crippen molar-refractivity contribution in [2.75, 3.05) is 45.9 Å². The SMILES string of the molecule is CC(C)CN1CCOC(CNC2CCN(Cc3ccccc3)CC2)C1. The molecule has 1 atom stereocenters. The van der Waals surface area contributed by atoms with Crippen LogP contribution in [0.25, 0.3) is 0 Å². The summed E-state index contributed by atoms with van der Waals surface area (Å²) in [6, 6.07) is 11.5. The zero-order chi connectivity index (χ0) is 17.5. The monoisotopic (exact) mass is 345 g/mol. The summed E-state index contributed by atoms with van der Waals surface area (Å²) in [6.07, 6.45) is 2.85. The van der Waals surface area contributed by atoms with Crippen LogP contribution in [0.3, 0.4) is 0 Å². The fourth-order valence-corrected chi connectivity index (χ4v) is 4.02. The molecule has 0 bridgehead atoms. The van der Waals surface area contributed by atoms with E-state index >= 15 is 0 Å². The molecule has 140 valence electrons. The van der Waals surface area contributed by atoms with Gasteiger partial charge in [-0.2, -0.15) is 0 Å². The van der Waals surface area contributed by atoms with Crippen LogP contribution in [-0.2, 0) is 11.3 Å². The molecule has 0 saturated carbocycles. The molecule has 1 aromatic rings. The minimum atomic E-state index is 0.356. The van der Waals surface area contributed by atoms with Crippen LogP contribution < -0.4 is 5.32 Å². The number of hydrogen-bond acceptors (Lipinski definition) is 4. The molecule has 2 saturated heterocycles. The van der Waals surface area contributed by atoms with Gasteiger partial charge in [0.25, 0.3) is 0 Å². The first-order valence-corrected chi connectivity index (χ1v) is 10.0. The number of ether oxygens (including phenoxy) is 1. The summed E-state index contributed by atoms with van der Waals surface area (Å²) in [5.41, 5.74) is 1.43. The number of rotatable bonds is 7. The van der Waals surface area contributed by atoms with Crippen molar-refractivity contribution in [1.29, 1.82) is 0 Å². The van der Waals surface area contributed by atoms with Crippen LogP contribution >= 0.6 is 0 Å². The number of nitrogens with zero attached hydrogens (tertiary/aromatic N) is 2. The van der Waals surface area contributed by atoms with Gasteiger partial charge < -0.3 is 10.1 Å². The van der Waals surface area contributed by atoms with Crippen LogP contribution in [0.5, 0.6) is 0 Å². The topological polar surface area (TPSA) is 27.7 Å². The number of morpholine rings is 1. The third-order valence-corrected chi connectivity index (χ3v) is 5.32. The Morgan fingerprint density at radius 3 is 2.56 bits per heavy atom. The van der Waals surface area contributed by atoms with Gasteiger partial charge in [0.2, 0.25) is 0 Å². The van der Waals surface area contributed by atoms with E-state index in [4.69, 9.17) is 4.74 Å². The zero-order valence-corrected chi connectivity index (χ0v) is 16.0. The lowest BCUT2D eigenvalue weighted by Crippen LogP contribution is -2.50. The average Bonchev–Trinajstić information content (AvgIpc) is 2.62. The Labute approximate surface area is 153 Å². The first kappa shape index (κ1) is 18.8. The van der Waals surface area contributed by atoms with Crippen LogP contribution in [0.1, 0.15) is 32.3 Å². The minimum absolute atomic E-state index is 0.356. The van der Waals surface area contributed by atoms with Crippen molar-refractivity contribution in [3.63, 3.8) is 0 Å². The van der Waals surface area contributed by atoms with Gasteiger partial charge in [0.1, 0.15) is 0 Å². The molecule has 1 unspecified atom stereocenters. The molecule has 2 aliphatic rings. The van der Waals surface area contributed by atoms with Crippen molar-refractivity contribution in [1.82, 2.24) is 15.1 Å². The lowest BCUT2D eigenvalue weighted by Gasteiger charge is -2.36. The fraction of sp³-hybridized carbons (Fsp3) is 0.714. The summed E-state index contributed by atoms with van der Waals surface area (Å²) in [4.78, 5) is 5.14. The molecular formula is C21H35N3O. The summed E-state index contributed by atoms with van der Waals surface area (Å²) < 4.78 is 5.97. The second-order valence-corrected chi connectivity index (χ2v) is 8.09. The number of nitrogens with one attached hydrogen (secondary N) is 1. The molecule has 2 aliphatic heterocycles. The quantitative estimate of drug-likeness (QED) is 0.822. The lowest BCUT2D eigenvalue weighted by molar-refractivity contribution is -0.0320. The maximum Gasteiger partial charge on any atom is 0.0826 e. The smallest absolute Gasteiger partial charge is 0.0826 e. The molecule has 0 spiro atoms. The van der Waals surface area contributed by atoms with E-state index in [9.17, 15) is 0 Å². The van der Waals surface area contributed by atoms with E-state index in [0.717, 1.165) is 38.7 Å². The number of benzene rings is 1. The van der Waals surface area contributed by atoms with Gasteiger partial charge >= 0.3 is 0 Å². The first-order valence-electron chi connectivity index (χ1n) is 10.0. The molecule has 1 aromatic carbocycles. The molecular weight excluding hydrogens is 310 g/mol. The molecule has 4 nitrogen and oxygen atoms in total. The third kappa shape index (κ3) is 6.37. The van der Waals surface area contributed by atoms with E-state index in [1.807, 2.05) is 0 Å². The zero-order valence-electron chi connectivity index (χ0n) is 16.0. The molecule has 1 N–H and O–H groups in total. The largest absolute Gasteiger partial charge is 0.374 e. The number of hydrogen-bond donors (Lipinski definition) is 1. The highest BCUT2D eigenvalue weighted by Gasteiger charge is 2.23. The Hall–Kier alpha value is -0.940. The predicted molar refractivity (Wildman–Crippen MR) is 104 cm³/mol. The van der Waals surface area contributed by atoms with Crippen LogP contribution in [0.2, 0.25) is 0 Å². The molecule has 2 heterocycles. The van der Waals surface area contributed by atoms with E-state index < -0.39 is 0 Å². The van der Waals surface area contributed by atoms with Crippen molar-refractivity contribution >= 4 is 0 Å². The second-order valence-electron chi connectivity index (χ2n) is 8.09. The van der Waals surface area contributed by atoms with E-state index in [-0.39, 0.29) is 0 Å². The predicted octanol–water partition coefficient (Wildman–Crippen LogP) is 2.60. The van der Waals surface area contributed by atoms with Crippen LogP contribution in [0.15, 0.2) is 30.3 Å². The molecule has 2 fully saturated rings. The van der Waals surface area contributed by atoms with Crippen molar-refractivity contribution in [2.24, 2.45) is 5.92 Å². The van der Waals surface area contributed by atoms with Gasteiger partial charge in [-0.15, -0.1) is 0 Å². The van der Waals surface area contributed by atoms with Gasteiger partial charge in [0.15, 0.2) is 0 Å². The van der Waals surface area contributed by atoms with E-state index in [2.05, 4.69) is 59.3 Å². The Morgan fingerprint density at radius 2 is 1.84 bits per heavy atom. The highest BCUT2D eigenvalue weighted by atomic mass is 16.5. The summed E-state index contributed by atoms with van der Waals surface area (Å²) in [7, 11) is 0. The third-order valence-electron chi connectivity index (χ3n) is 5.32. The summed E-state index contributed by atoms with van der Waals surface area (Å²) in [6.45, 7) is 13.3. The van der Waals surface area contributed by atoms with Crippen molar-refractivity contribution in [2.45, 2.75) is 45.4 Å². The van der Waals surface area contributed by atoms with Crippen LogP contribution in [-0.4, -0.2) is 67.8 Å². The second kappa shape index (κ2) is 9.67. The van der Waals surface area contributed by atoms with E-state index in [1.54, 1.807) is 0 Å². The number of likely N-dealkylation sites (tertiary alicyclic amines) is 1.